The summed E-state index contributed by atoms with van der Waals surface area (Å²) in [7, 11) is 0. The molecule has 0 heterocycles. The maximum atomic E-state index is 9.70. The first-order chi connectivity index (χ1) is 6.25. The fourth-order valence-corrected chi connectivity index (χ4v) is 1.49. The highest BCUT2D eigenvalue weighted by atomic mass is 16.3. The Hall–Kier alpha value is -0.980. The van der Waals surface area contributed by atoms with Crippen LogP contribution in [0.25, 0.3) is 0 Å². The first-order valence-corrected chi connectivity index (χ1v) is 5.03. The van der Waals surface area contributed by atoms with Crippen molar-refractivity contribution >= 4 is 0 Å². The highest BCUT2D eigenvalue weighted by Gasteiger charge is 2.02. The molecular formula is C12H18O. The SMILES string of the molecule is CCCCCc1cccc(C)c1O. The fraction of sp³-hybridized carbons (Fsp3) is 0.500. The van der Waals surface area contributed by atoms with Crippen LogP contribution in [0.4, 0.5) is 0 Å². The molecule has 1 rings (SSSR count). The van der Waals surface area contributed by atoms with E-state index in [9.17, 15) is 5.11 Å². The second kappa shape index (κ2) is 4.90. The zero-order valence-electron chi connectivity index (χ0n) is 8.51. The molecule has 0 radical (unpaired) electrons. The van der Waals surface area contributed by atoms with Gasteiger partial charge in [-0.2, -0.15) is 0 Å². The van der Waals surface area contributed by atoms with Gasteiger partial charge in [0.1, 0.15) is 5.75 Å². The second-order valence-electron chi connectivity index (χ2n) is 3.54. The van der Waals surface area contributed by atoms with Gasteiger partial charge in [-0.15, -0.1) is 0 Å². The largest absolute Gasteiger partial charge is 0.507 e. The lowest BCUT2D eigenvalue weighted by Crippen LogP contribution is -1.88. The number of aryl methyl sites for hydroxylation is 2. The van der Waals surface area contributed by atoms with Crippen molar-refractivity contribution in [2.45, 2.75) is 39.5 Å². The number of phenols is 1. The molecule has 1 heteroatoms. The van der Waals surface area contributed by atoms with Gasteiger partial charge >= 0.3 is 0 Å². The number of hydrogen-bond donors (Lipinski definition) is 1. The molecule has 0 aliphatic heterocycles. The molecule has 1 N–H and O–H groups in total. The zero-order chi connectivity index (χ0) is 9.68. The van der Waals surface area contributed by atoms with Gasteiger partial charge in [0.25, 0.3) is 0 Å². The lowest BCUT2D eigenvalue weighted by Gasteiger charge is -2.05. The molecule has 13 heavy (non-hydrogen) atoms. The third-order valence-corrected chi connectivity index (χ3v) is 2.37. The molecule has 72 valence electrons. The highest BCUT2D eigenvalue weighted by Crippen LogP contribution is 2.22. The van der Waals surface area contributed by atoms with E-state index >= 15 is 0 Å². The molecule has 0 atom stereocenters. The minimum Gasteiger partial charge on any atom is -0.507 e. The van der Waals surface area contributed by atoms with Gasteiger partial charge in [0.15, 0.2) is 0 Å². The number of aromatic hydroxyl groups is 1. The topological polar surface area (TPSA) is 20.2 Å². The summed E-state index contributed by atoms with van der Waals surface area (Å²) in [5.74, 6) is 0.485. The predicted molar refractivity (Wildman–Crippen MR) is 56.1 cm³/mol. The van der Waals surface area contributed by atoms with Gasteiger partial charge in [0.2, 0.25) is 0 Å². The molecule has 1 aromatic rings. The minimum absolute atomic E-state index is 0.485. The van der Waals surface area contributed by atoms with E-state index < -0.39 is 0 Å². The van der Waals surface area contributed by atoms with Gasteiger partial charge in [0.05, 0.1) is 0 Å². The van der Waals surface area contributed by atoms with Crippen molar-refractivity contribution < 1.29 is 5.11 Å². The third-order valence-electron chi connectivity index (χ3n) is 2.37. The lowest BCUT2D eigenvalue weighted by molar-refractivity contribution is 0.462. The first kappa shape index (κ1) is 10.1. The van der Waals surface area contributed by atoms with Crippen LogP contribution in [-0.4, -0.2) is 5.11 Å². The number of unbranched alkanes of at least 4 members (excludes halogenated alkanes) is 2. The van der Waals surface area contributed by atoms with Crippen molar-refractivity contribution in [1.29, 1.82) is 0 Å². The lowest BCUT2D eigenvalue weighted by atomic mass is 10.0. The van der Waals surface area contributed by atoms with Crippen LogP contribution >= 0.6 is 0 Å². The van der Waals surface area contributed by atoms with E-state index in [1.54, 1.807) is 0 Å². The zero-order valence-corrected chi connectivity index (χ0v) is 8.51. The highest BCUT2D eigenvalue weighted by molar-refractivity contribution is 5.39. The van der Waals surface area contributed by atoms with E-state index in [4.69, 9.17) is 0 Å². The Kier molecular flexibility index (Phi) is 3.81. The van der Waals surface area contributed by atoms with E-state index in [-0.39, 0.29) is 0 Å². The first-order valence-electron chi connectivity index (χ1n) is 5.03. The molecule has 0 aromatic heterocycles. The molecule has 0 amide bonds. The summed E-state index contributed by atoms with van der Waals surface area (Å²) in [6.07, 6.45) is 4.65. The molecule has 0 saturated heterocycles. The third kappa shape index (κ3) is 2.76. The Morgan fingerprint density at radius 1 is 1.23 bits per heavy atom. The van der Waals surface area contributed by atoms with Gasteiger partial charge in [0, 0.05) is 0 Å². The van der Waals surface area contributed by atoms with Gasteiger partial charge in [-0.05, 0) is 30.9 Å². The van der Waals surface area contributed by atoms with Crippen LogP contribution in [0.2, 0.25) is 0 Å². The van der Waals surface area contributed by atoms with E-state index in [0.29, 0.717) is 5.75 Å². The summed E-state index contributed by atoms with van der Waals surface area (Å²) in [4.78, 5) is 0. The molecule has 0 aliphatic rings. The van der Waals surface area contributed by atoms with Gasteiger partial charge in [-0.25, -0.2) is 0 Å². The van der Waals surface area contributed by atoms with Gasteiger partial charge in [-0.1, -0.05) is 38.0 Å². The Balaban J connectivity index is 2.61. The molecule has 0 fully saturated rings. The van der Waals surface area contributed by atoms with Gasteiger partial charge in [-0.3, -0.25) is 0 Å². The van der Waals surface area contributed by atoms with Crippen molar-refractivity contribution in [3.05, 3.63) is 29.3 Å². The van der Waals surface area contributed by atoms with Crippen molar-refractivity contribution in [2.75, 3.05) is 0 Å². The Labute approximate surface area is 80.4 Å². The van der Waals surface area contributed by atoms with Crippen molar-refractivity contribution in [1.82, 2.24) is 0 Å². The molecule has 0 unspecified atom stereocenters. The molecule has 0 spiro atoms. The normalized spacial score (nSPS) is 10.3. The van der Waals surface area contributed by atoms with E-state index in [1.165, 1.54) is 19.3 Å². The average Bonchev–Trinajstić information content (AvgIpc) is 2.13. The monoisotopic (exact) mass is 178 g/mol. The second-order valence-corrected chi connectivity index (χ2v) is 3.54. The predicted octanol–water partition coefficient (Wildman–Crippen LogP) is 3.43. The maximum Gasteiger partial charge on any atom is 0.121 e. The summed E-state index contributed by atoms with van der Waals surface area (Å²) in [6.45, 7) is 4.13. The number of benzene rings is 1. The van der Waals surface area contributed by atoms with Crippen LogP contribution in [0.1, 0.15) is 37.3 Å². The standard InChI is InChI=1S/C12H18O/c1-3-4-5-8-11-9-6-7-10(2)12(11)13/h6-7,9,13H,3-5,8H2,1-2H3. The molecule has 1 aromatic carbocycles. The smallest absolute Gasteiger partial charge is 0.121 e. The Morgan fingerprint density at radius 3 is 2.69 bits per heavy atom. The molecule has 0 saturated carbocycles. The molecule has 0 aliphatic carbocycles. The minimum atomic E-state index is 0.485. The van der Waals surface area contributed by atoms with Crippen LogP contribution < -0.4 is 0 Å². The molecular weight excluding hydrogens is 160 g/mol. The molecule has 0 bridgehead atoms. The number of hydrogen-bond acceptors (Lipinski definition) is 1. The van der Waals surface area contributed by atoms with Gasteiger partial charge < -0.3 is 5.11 Å². The van der Waals surface area contributed by atoms with Crippen molar-refractivity contribution in [3.8, 4) is 5.75 Å². The summed E-state index contributed by atoms with van der Waals surface area (Å²) in [5.41, 5.74) is 2.07. The quantitative estimate of drug-likeness (QED) is 0.700. The summed E-state index contributed by atoms with van der Waals surface area (Å²) in [5, 5.41) is 9.70. The van der Waals surface area contributed by atoms with Crippen LogP contribution in [-0.2, 0) is 6.42 Å². The van der Waals surface area contributed by atoms with Crippen LogP contribution in [0.3, 0.4) is 0 Å². The summed E-state index contributed by atoms with van der Waals surface area (Å²) < 4.78 is 0. The Bertz CT molecular complexity index is 266. The van der Waals surface area contributed by atoms with E-state index in [1.807, 2.05) is 25.1 Å². The Morgan fingerprint density at radius 2 is 2.00 bits per heavy atom. The summed E-state index contributed by atoms with van der Waals surface area (Å²) in [6, 6.07) is 5.97. The van der Waals surface area contributed by atoms with Crippen LogP contribution in [0, 0.1) is 6.92 Å². The van der Waals surface area contributed by atoms with Crippen LogP contribution in [0.15, 0.2) is 18.2 Å². The maximum absolute atomic E-state index is 9.70. The number of phenolic OH excluding ortho intramolecular Hbond substituents is 1. The molecule has 1 nitrogen and oxygen atoms in total. The van der Waals surface area contributed by atoms with Crippen molar-refractivity contribution in [3.63, 3.8) is 0 Å². The number of rotatable bonds is 4. The van der Waals surface area contributed by atoms with E-state index in [2.05, 4.69) is 6.92 Å². The van der Waals surface area contributed by atoms with Crippen molar-refractivity contribution in [2.24, 2.45) is 0 Å². The average molecular weight is 178 g/mol. The van der Waals surface area contributed by atoms with E-state index in [0.717, 1.165) is 17.5 Å². The fourth-order valence-electron chi connectivity index (χ4n) is 1.49. The van der Waals surface area contributed by atoms with Crippen LogP contribution in [0.5, 0.6) is 5.75 Å². The number of para-hydroxylation sites is 1. The summed E-state index contributed by atoms with van der Waals surface area (Å²) >= 11 is 0.